The highest BCUT2D eigenvalue weighted by molar-refractivity contribution is 8.01. The average molecular weight is 318 g/mol. The molecule has 21 heavy (non-hydrogen) atoms. The van der Waals surface area contributed by atoms with Crippen molar-refractivity contribution in [3.05, 3.63) is 46.3 Å². The summed E-state index contributed by atoms with van der Waals surface area (Å²) in [5.74, 6) is -0.375. The summed E-state index contributed by atoms with van der Waals surface area (Å²) in [4.78, 5) is 11.5. The molecule has 5 heteroatoms. The van der Waals surface area contributed by atoms with Crippen LogP contribution in [0.1, 0.15) is 40.9 Å². The van der Waals surface area contributed by atoms with Crippen molar-refractivity contribution in [2.24, 2.45) is 5.73 Å². The quantitative estimate of drug-likeness (QED) is 0.892. The van der Waals surface area contributed by atoms with Crippen LogP contribution in [0.25, 0.3) is 0 Å². The number of carbonyl (C=O) groups is 1. The fourth-order valence-corrected chi connectivity index (χ4v) is 5.30. The highest BCUT2D eigenvalue weighted by Gasteiger charge is 2.26. The van der Waals surface area contributed by atoms with Crippen LogP contribution in [-0.4, -0.2) is 11.2 Å². The predicted octanol–water partition coefficient (Wildman–Crippen LogP) is 4.19. The van der Waals surface area contributed by atoms with Gasteiger partial charge in [-0.2, -0.15) is 0 Å². The topological polar surface area (TPSA) is 55.1 Å². The maximum atomic E-state index is 11.5. The van der Waals surface area contributed by atoms with E-state index in [1.165, 1.54) is 9.77 Å². The number of nitrogens with two attached hydrogens (primary N) is 1. The van der Waals surface area contributed by atoms with Crippen molar-refractivity contribution in [1.29, 1.82) is 0 Å². The SMILES string of the molecule is Cc1c(NC2C[C@H](C)Sc3sccc32)cccc1C(N)=O. The van der Waals surface area contributed by atoms with Crippen LogP contribution in [-0.2, 0) is 0 Å². The number of hydrogen-bond donors (Lipinski definition) is 2. The normalized spacial score (nSPS) is 20.9. The molecule has 0 spiro atoms. The minimum atomic E-state index is -0.375. The van der Waals surface area contributed by atoms with E-state index in [0.717, 1.165) is 17.7 Å². The van der Waals surface area contributed by atoms with Gasteiger partial charge >= 0.3 is 0 Å². The molecule has 2 aromatic rings. The monoisotopic (exact) mass is 318 g/mol. The molecule has 110 valence electrons. The summed E-state index contributed by atoms with van der Waals surface area (Å²) >= 11 is 3.75. The molecule has 1 aliphatic heterocycles. The van der Waals surface area contributed by atoms with Crippen molar-refractivity contribution in [2.45, 2.75) is 35.8 Å². The number of amides is 1. The van der Waals surface area contributed by atoms with Crippen molar-refractivity contribution in [3.63, 3.8) is 0 Å². The number of primary amides is 1. The Morgan fingerprint density at radius 2 is 2.19 bits per heavy atom. The van der Waals surface area contributed by atoms with Crippen LogP contribution in [0.5, 0.6) is 0 Å². The van der Waals surface area contributed by atoms with Gasteiger partial charge in [0.15, 0.2) is 0 Å². The number of nitrogens with one attached hydrogen (secondary N) is 1. The highest BCUT2D eigenvalue weighted by atomic mass is 32.2. The molecule has 2 heterocycles. The van der Waals surface area contributed by atoms with Gasteiger partial charge in [0.25, 0.3) is 0 Å². The third kappa shape index (κ3) is 2.80. The molecule has 0 saturated carbocycles. The minimum Gasteiger partial charge on any atom is -0.378 e. The molecule has 0 radical (unpaired) electrons. The van der Waals surface area contributed by atoms with Crippen LogP contribution >= 0.6 is 23.1 Å². The van der Waals surface area contributed by atoms with E-state index in [1.54, 1.807) is 17.4 Å². The molecule has 3 nitrogen and oxygen atoms in total. The van der Waals surface area contributed by atoms with Crippen LogP contribution in [0.2, 0.25) is 0 Å². The fraction of sp³-hybridized carbons (Fsp3) is 0.312. The lowest BCUT2D eigenvalue weighted by Crippen LogP contribution is -2.20. The van der Waals surface area contributed by atoms with E-state index in [0.29, 0.717) is 16.9 Å². The molecule has 1 aromatic heterocycles. The van der Waals surface area contributed by atoms with Crippen molar-refractivity contribution < 1.29 is 4.79 Å². The average Bonchev–Trinajstić information content (AvgIpc) is 2.88. The molecule has 3 N–H and O–H groups in total. The first-order valence-electron chi connectivity index (χ1n) is 6.96. The number of anilines is 1. The van der Waals surface area contributed by atoms with Gasteiger partial charge < -0.3 is 11.1 Å². The zero-order valence-corrected chi connectivity index (χ0v) is 13.7. The number of thioether (sulfide) groups is 1. The maximum absolute atomic E-state index is 11.5. The molecule has 0 bridgehead atoms. The minimum absolute atomic E-state index is 0.296. The molecule has 0 saturated heterocycles. The van der Waals surface area contributed by atoms with Gasteiger partial charge in [0.05, 0.1) is 10.3 Å². The van der Waals surface area contributed by atoms with Crippen molar-refractivity contribution in [2.75, 3.05) is 5.32 Å². The smallest absolute Gasteiger partial charge is 0.249 e. The van der Waals surface area contributed by atoms with E-state index in [9.17, 15) is 4.79 Å². The van der Waals surface area contributed by atoms with Crippen molar-refractivity contribution >= 4 is 34.7 Å². The molecular formula is C16H18N2OS2. The highest BCUT2D eigenvalue weighted by Crippen LogP contribution is 2.45. The second kappa shape index (κ2) is 5.73. The third-order valence-corrected chi connectivity index (χ3v) is 6.18. The van der Waals surface area contributed by atoms with Crippen LogP contribution in [0.3, 0.4) is 0 Å². The molecule has 1 aromatic carbocycles. The van der Waals surface area contributed by atoms with Gasteiger partial charge in [0.2, 0.25) is 5.91 Å². The Morgan fingerprint density at radius 1 is 1.38 bits per heavy atom. The molecule has 0 fully saturated rings. The number of fused-ring (bicyclic) bond motifs is 1. The number of carbonyl (C=O) groups excluding carboxylic acids is 1. The number of hydrogen-bond acceptors (Lipinski definition) is 4. The van der Waals surface area contributed by atoms with Gasteiger partial charge in [0.1, 0.15) is 0 Å². The Kier molecular flexibility index (Phi) is 3.95. The second-order valence-electron chi connectivity index (χ2n) is 5.37. The van der Waals surface area contributed by atoms with Gasteiger partial charge in [-0.05, 0) is 48.1 Å². The summed E-state index contributed by atoms with van der Waals surface area (Å²) in [6.07, 6.45) is 1.08. The number of benzene rings is 1. The van der Waals surface area contributed by atoms with E-state index in [4.69, 9.17) is 5.73 Å². The lowest BCUT2D eigenvalue weighted by Gasteiger charge is -2.29. The number of thiophene rings is 1. The van der Waals surface area contributed by atoms with Gasteiger partial charge in [-0.3, -0.25) is 4.79 Å². The van der Waals surface area contributed by atoms with Crippen LogP contribution < -0.4 is 11.1 Å². The summed E-state index contributed by atoms with van der Waals surface area (Å²) in [5.41, 5.74) is 9.30. The Bertz CT molecular complexity index is 681. The molecule has 3 rings (SSSR count). The van der Waals surface area contributed by atoms with Crippen LogP contribution in [0, 0.1) is 6.92 Å². The molecule has 0 aliphatic carbocycles. The lowest BCUT2D eigenvalue weighted by molar-refractivity contribution is 0.1000. The first-order valence-corrected chi connectivity index (χ1v) is 8.72. The first kappa shape index (κ1) is 14.5. The standard InChI is InChI=1S/C16H18N2OS2/c1-9-8-14(12-6-7-20-16(12)21-9)18-13-5-3-4-11(10(13)2)15(17)19/h3-7,9,14,18H,8H2,1-2H3,(H2,17,19)/t9-,14?/m0/s1. The second-order valence-corrected chi connectivity index (χ2v) is 7.99. The van der Waals surface area contributed by atoms with E-state index < -0.39 is 0 Å². The van der Waals surface area contributed by atoms with Gasteiger partial charge in [0, 0.05) is 16.5 Å². The Balaban J connectivity index is 1.92. The molecule has 1 amide bonds. The molecule has 1 aliphatic rings. The molecule has 2 atom stereocenters. The van der Waals surface area contributed by atoms with Gasteiger partial charge in [-0.1, -0.05) is 13.0 Å². The van der Waals surface area contributed by atoms with E-state index in [2.05, 4.69) is 23.7 Å². The Hall–Kier alpha value is -1.46. The summed E-state index contributed by atoms with van der Waals surface area (Å²) in [7, 11) is 0. The third-order valence-electron chi connectivity index (χ3n) is 3.84. The molecular weight excluding hydrogens is 300 g/mol. The Morgan fingerprint density at radius 3 is 2.95 bits per heavy atom. The predicted molar refractivity (Wildman–Crippen MR) is 90.3 cm³/mol. The van der Waals surface area contributed by atoms with Gasteiger partial charge in [-0.25, -0.2) is 0 Å². The largest absolute Gasteiger partial charge is 0.378 e. The van der Waals surface area contributed by atoms with Crippen molar-refractivity contribution in [3.8, 4) is 0 Å². The summed E-state index contributed by atoms with van der Waals surface area (Å²) < 4.78 is 1.40. The van der Waals surface area contributed by atoms with Crippen molar-refractivity contribution in [1.82, 2.24) is 0 Å². The summed E-state index contributed by atoms with van der Waals surface area (Å²) in [6, 6.07) is 8.16. The summed E-state index contributed by atoms with van der Waals surface area (Å²) in [5, 5.41) is 6.34. The maximum Gasteiger partial charge on any atom is 0.249 e. The lowest BCUT2D eigenvalue weighted by atomic mass is 10.0. The fourth-order valence-electron chi connectivity index (χ4n) is 2.73. The molecule has 1 unspecified atom stereocenters. The van der Waals surface area contributed by atoms with E-state index >= 15 is 0 Å². The van der Waals surface area contributed by atoms with Crippen LogP contribution in [0.15, 0.2) is 33.9 Å². The summed E-state index contributed by atoms with van der Waals surface area (Å²) in [6.45, 7) is 4.20. The van der Waals surface area contributed by atoms with E-state index in [1.807, 2.05) is 30.8 Å². The Labute approximate surface area is 132 Å². The first-order chi connectivity index (χ1) is 10.1. The van der Waals surface area contributed by atoms with Gasteiger partial charge in [-0.15, -0.1) is 23.1 Å². The van der Waals surface area contributed by atoms with E-state index in [-0.39, 0.29) is 5.91 Å². The zero-order chi connectivity index (χ0) is 15.0. The number of rotatable bonds is 3. The van der Waals surface area contributed by atoms with Crippen LogP contribution in [0.4, 0.5) is 5.69 Å². The zero-order valence-electron chi connectivity index (χ0n) is 12.1.